The smallest absolute Gasteiger partial charge is 0.0857 e. The van der Waals surface area contributed by atoms with Crippen LogP contribution in [0.1, 0.15) is 26.7 Å². The Morgan fingerprint density at radius 1 is 1.45 bits per heavy atom. The number of aliphatic hydroxyl groups is 1. The van der Waals surface area contributed by atoms with E-state index in [9.17, 15) is 5.11 Å². The fraction of sp³-hybridized carbons (Fsp3) is 1.00. The van der Waals surface area contributed by atoms with Gasteiger partial charge in [-0.3, -0.25) is 0 Å². The Labute approximate surface area is 67.5 Å². The van der Waals surface area contributed by atoms with Gasteiger partial charge in [-0.05, 0) is 26.7 Å². The predicted octanol–water partition coefficient (Wildman–Crippen LogP) is 0.264. The standard InChI is InChI=1S/C8H17NO2/c1-8(2,10)7-4-3-6(9)5-11-7/h6-7,10H,3-5,9H2,1-2H3/t6-,7?/m1/s1. The zero-order valence-corrected chi connectivity index (χ0v) is 7.21. The fourth-order valence-corrected chi connectivity index (χ4v) is 1.33. The summed E-state index contributed by atoms with van der Waals surface area (Å²) in [5.74, 6) is 0. The van der Waals surface area contributed by atoms with Crippen LogP contribution in [0.3, 0.4) is 0 Å². The van der Waals surface area contributed by atoms with Crippen molar-refractivity contribution in [1.82, 2.24) is 0 Å². The summed E-state index contributed by atoms with van der Waals surface area (Å²) in [4.78, 5) is 0. The third-order valence-electron chi connectivity index (χ3n) is 2.10. The molecule has 1 rings (SSSR count). The van der Waals surface area contributed by atoms with Crippen LogP contribution < -0.4 is 5.73 Å². The molecule has 0 aromatic heterocycles. The van der Waals surface area contributed by atoms with Gasteiger partial charge in [-0.25, -0.2) is 0 Å². The lowest BCUT2D eigenvalue weighted by atomic mass is 9.93. The van der Waals surface area contributed by atoms with Gasteiger partial charge >= 0.3 is 0 Å². The summed E-state index contributed by atoms with van der Waals surface area (Å²) >= 11 is 0. The molecule has 1 aliphatic rings. The minimum absolute atomic E-state index is 0.0395. The van der Waals surface area contributed by atoms with E-state index in [4.69, 9.17) is 10.5 Å². The molecule has 3 nitrogen and oxygen atoms in total. The quantitative estimate of drug-likeness (QED) is 0.577. The maximum absolute atomic E-state index is 9.56. The second kappa shape index (κ2) is 3.09. The van der Waals surface area contributed by atoms with Crippen molar-refractivity contribution < 1.29 is 9.84 Å². The van der Waals surface area contributed by atoms with E-state index in [0.717, 1.165) is 12.8 Å². The zero-order valence-electron chi connectivity index (χ0n) is 7.21. The molecule has 0 radical (unpaired) electrons. The van der Waals surface area contributed by atoms with Crippen molar-refractivity contribution in [3.63, 3.8) is 0 Å². The number of rotatable bonds is 1. The largest absolute Gasteiger partial charge is 0.388 e. The third-order valence-corrected chi connectivity index (χ3v) is 2.10. The molecule has 1 unspecified atom stereocenters. The van der Waals surface area contributed by atoms with E-state index in [1.54, 1.807) is 13.8 Å². The average Bonchev–Trinajstić information content (AvgIpc) is 1.86. The topological polar surface area (TPSA) is 55.5 Å². The summed E-state index contributed by atoms with van der Waals surface area (Å²) in [7, 11) is 0. The molecule has 3 N–H and O–H groups in total. The molecule has 0 amide bonds. The molecule has 3 heteroatoms. The SMILES string of the molecule is CC(C)(O)C1CC[C@@H](N)CO1. The van der Waals surface area contributed by atoms with Gasteiger partial charge < -0.3 is 15.6 Å². The van der Waals surface area contributed by atoms with Gasteiger partial charge in [-0.1, -0.05) is 0 Å². The highest BCUT2D eigenvalue weighted by atomic mass is 16.5. The van der Waals surface area contributed by atoms with Crippen LogP contribution in [0, 0.1) is 0 Å². The van der Waals surface area contributed by atoms with Crippen LogP contribution in [0.2, 0.25) is 0 Å². The van der Waals surface area contributed by atoms with E-state index in [-0.39, 0.29) is 12.1 Å². The van der Waals surface area contributed by atoms with Crippen LogP contribution in [-0.2, 0) is 4.74 Å². The second-order valence-corrected chi connectivity index (χ2v) is 3.81. The van der Waals surface area contributed by atoms with Crippen molar-refractivity contribution >= 4 is 0 Å². The lowest BCUT2D eigenvalue weighted by molar-refractivity contribution is -0.112. The first-order valence-electron chi connectivity index (χ1n) is 4.09. The molecule has 11 heavy (non-hydrogen) atoms. The van der Waals surface area contributed by atoms with Crippen molar-refractivity contribution in [1.29, 1.82) is 0 Å². The molecule has 0 bridgehead atoms. The van der Waals surface area contributed by atoms with Gasteiger partial charge in [0.1, 0.15) is 0 Å². The maximum atomic E-state index is 9.56. The van der Waals surface area contributed by atoms with Gasteiger partial charge in [-0.15, -0.1) is 0 Å². The van der Waals surface area contributed by atoms with Crippen LogP contribution in [0.4, 0.5) is 0 Å². The van der Waals surface area contributed by atoms with E-state index in [2.05, 4.69) is 0 Å². The van der Waals surface area contributed by atoms with Crippen LogP contribution in [0.25, 0.3) is 0 Å². The lowest BCUT2D eigenvalue weighted by Crippen LogP contribution is -2.45. The summed E-state index contributed by atoms with van der Waals surface area (Å²) in [5, 5.41) is 9.56. The van der Waals surface area contributed by atoms with Crippen molar-refractivity contribution in [3.8, 4) is 0 Å². The first-order valence-corrected chi connectivity index (χ1v) is 4.09. The van der Waals surface area contributed by atoms with Crippen molar-refractivity contribution in [2.24, 2.45) is 5.73 Å². The first kappa shape index (κ1) is 8.97. The minimum Gasteiger partial charge on any atom is -0.388 e. The number of nitrogens with two attached hydrogens (primary N) is 1. The van der Waals surface area contributed by atoms with Crippen molar-refractivity contribution in [2.75, 3.05) is 6.61 Å². The summed E-state index contributed by atoms with van der Waals surface area (Å²) in [5.41, 5.74) is 4.91. The fourth-order valence-electron chi connectivity index (χ4n) is 1.33. The number of hydrogen-bond donors (Lipinski definition) is 2. The predicted molar refractivity (Wildman–Crippen MR) is 43.2 cm³/mol. The Bertz CT molecular complexity index is 123. The second-order valence-electron chi connectivity index (χ2n) is 3.81. The van der Waals surface area contributed by atoms with Gasteiger partial charge in [0.15, 0.2) is 0 Å². The van der Waals surface area contributed by atoms with Gasteiger partial charge in [0, 0.05) is 6.04 Å². The Morgan fingerprint density at radius 3 is 2.45 bits per heavy atom. The molecule has 1 aliphatic heterocycles. The molecule has 0 aromatic carbocycles. The van der Waals surface area contributed by atoms with Crippen LogP contribution in [0.5, 0.6) is 0 Å². The Morgan fingerprint density at radius 2 is 2.09 bits per heavy atom. The molecule has 0 aromatic rings. The summed E-state index contributed by atoms with van der Waals surface area (Å²) in [6.07, 6.45) is 1.78. The average molecular weight is 159 g/mol. The first-order chi connectivity index (χ1) is 5.00. The van der Waals surface area contributed by atoms with Crippen molar-refractivity contribution in [3.05, 3.63) is 0 Å². The molecule has 1 heterocycles. The van der Waals surface area contributed by atoms with E-state index in [1.165, 1.54) is 0 Å². The molecule has 66 valence electrons. The molecule has 1 saturated heterocycles. The van der Waals surface area contributed by atoms with Crippen LogP contribution >= 0.6 is 0 Å². The summed E-state index contributed by atoms with van der Waals surface area (Å²) in [6.45, 7) is 4.12. The van der Waals surface area contributed by atoms with Gasteiger partial charge in [0.25, 0.3) is 0 Å². The Kier molecular flexibility index (Phi) is 2.52. The molecule has 0 spiro atoms. The van der Waals surface area contributed by atoms with Crippen LogP contribution in [0.15, 0.2) is 0 Å². The Hall–Kier alpha value is -0.120. The molecule has 0 aliphatic carbocycles. The van der Waals surface area contributed by atoms with Gasteiger partial charge in [0.05, 0.1) is 18.3 Å². The van der Waals surface area contributed by atoms with E-state index < -0.39 is 5.60 Å². The summed E-state index contributed by atoms with van der Waals surface area (Å²) in [6, 6.07) is 0.161. The highest BCUT2D eigenvalue weighted by Crippen LogP contribution is 2.22. The van der Waals surface area contributed by atoms with E-state index in [0.29, 0.717) is 6.61 Å². The Balaban J connectivity index is 2.39. The minimum atomic E-state index is -0.722. The monoisotopic (exact) mass is 159 g/mol. The number of ether oxygens (including phenoxy) is 1. The van der Waals surface area contributed by atoms with E-state index >= 15 is 0 Å². The van der Waals surface area contributed by atoms with E-state index in [1.807, 2.05) is 0 Å². The van der Waals surface area contributed by atoms with Crippen molar-refractivity contribution in [2.45, 2.75) is 44.4 Å². The number of hydrogen-bond acceptors (Lipinski definition) is 3. The molecule has 1 fully saturated rings. The zero-order chi connectivity index (χ0) is 8.48. The summed E-state index contributed by atoms with van der Waals surface area (Å²) < 4.78 is 5.38. The van der Waals surface area contributed by atoms with Gasteiger partial charge in [0.2, 0.25) is 0 Å². The molecule has 2 atom stereocenters. The lowest BCUT2D eigenvalue weighted by Gasteiger charge is -2.34. The normalized spacial score (nSPS) is 33.8. The van der Waals surface area contributed by atoms with Crippen LogP contribution in [-0.4, -0.2) is 29.5 Å². The molecule has 0 saturated carbocycles. The molecular weight excluding hydrogens is 142 g/mol. The highest BCUT2D eigenvalue weighted by molar-refractivity contribution is 4.83. The highest BCUT2D eigenvalue weighted by Gasteiger charge is 2.31. The molecular formula is C8H17NO2. The maximum Gasteiger partial charge on any atom is 0.0857 e. The third kappa shape index (κ3) is 2.43. The van der Waals surface area contributed by atoms with Gasteiger partial charge in [-0.2, -0.15) is 0 Å².